The topological polar surface area (TPSA) is 59.1 Å². The van der Waals surface area contributed by atoms with Gasteiger partial charge in [-0.15, -0.1) is 0 Å². The smallest absolute Gasteiger partial charge is 0.251 e. The van der Waals surface area contributed by atoms with Gasteiger partial charge in [0.1, 0.15) is 5.75 Å². The van der Waals surface area contributed by atoms with Crippen LogP contribution in [0.2, 0.25) is 0 Å². The van der Waals surface area contributed by atoms with E-state index in [0.29, 0.717) is 25.4 Å². The lowest BCUT2D eigenvalue weighted by Gasteiger charge is -2.37. The Morgan fingerprint density at radius 3 is 2.33 bits per heavy atom. The number of nitrogens with zero attached hydrogens (tertiary/aromatic N) is 2. The van der Waals surface area contributed by atoms with E-state index in [1.807, 2.05) is 20.8 Å². The molecule has 0 spiro atoms. The predicted molar refractivity (Wildman–Crippen MR) is 90.1 cm³/mol. The molecule has 0 N–H and O–H groups in total. The molecule has 0 bridgehead atoms. The van der Waals surface area contributed by atoms with Gasteiger partial charge in [-0.25, -0.2) is 4.90 Å². The molecule has 3 atom stereocenters. The molecule has 2 saturated heterocycles. The molecule has 2 aliphatic rings. The number of imide groups is 1. The molecule has 2 aliphatic heterocycles. The molecular weight excluding hydrogens is 308 g/mol. The number of benzene rings is 1. The molecule has 0 aromatic heterocycles. The molecule has 2 amide bonds. The van der Waals surface area contributed by atoms with Gasteiger partial charge < -0.3 is 9.47 Å². The molecule has 0 unspecified atom stereocenters. The summed E-state index contributed by atoms with van der Waals surface area (Å²) in [4.78, 5) is 28.6. The van der Waals surface area contributed by atoms with Crippen LogP contribution in [-0.2, 0) is 14.3 Å². The van der Waals surface area contributed by atoms with Gasteiger partial charge in [0.05, 0.1) is 37.0 Å². The maximum Gasteiger partial charge on any atom is 0.251 e. The maximum atomic E-state index is 12.8. The van der Waals surface area contributed by atoms with Crippen LogP contribution < -0.4 is 9.64 Å². The van der Waals surface area contributed by atoms with Gasteiger partial charge in [0.25, 0.3) is 5.91 Å². The Bertz CT molecular complexity index is 606. The Morgan fingerprint density at radius 1 is 1.12 bits per heavy atom. The van der Waals surface area contributed by atoms with Crippen LogP contribution in [0.15, 0.2) is 24.3 Å². The number of rotatable bonds is 4. The van der Waals surface area contributed by atoms with Crippen molar-refractivity contribution in [2.45, 2.75) is 45.4 Å². The van der Waals surface area contributed by atoms with Crippen LogP contribution in [0.25, 0.3) is 0 Å². The van der Waals surface area contributed by atoms with Crippen LogP contribution >= 0.6 is 0 Å². The van der Waals surface area contributed by atoms with E-state index < -0.39 is 6.04 Å². The monoisotopic (exact) mass is 332 g/mol. The van der Waals surface area contributed by atoms with Crippen molar-refractivity contribution >= 4 is 17.5 Å². The third kappa shape index (κ3) is 3.30. The highest BCUT2D eigenvalue weighted by Crippen LogP contribution is 2.28. The van der Waals surface area contributed by atoms with E-state index in [9.17, 15) is 9.59 Å². The zero-order valence-corrected chi connectivity index (χ0v) is 14.4. The van der Waals surface area contributed by atoms with Gasteiger partial charge in [0, 0.05) is 13.1 Å². The minimum atomic E-state index is -0.391. The second kappa shape index (κ2) is 6.91. The summed E-state index contributed by atoms with van der Waals surface area (Å²) in [6, 6.07) is 6.69. The van der Waals surface area contributed by atoms with Gasteiger partial charge in [0.15, 0.2) is 0 Å². The zero-order chi connectivity index (χ0) is 17.3. The number of morpholine rings is 1. The van der Waals surface area contributed by atoms with Crippen LogP contribution in [0.4, 0.5) is 5.69 Å². The van der Waals surface area contributed by atoms with E-state index in [-0.39, 0.29) is 30.4 Å². The molecule has 0 aliphatic carbocycles. The first kappa shape index (κ1) is 16.9. The summed E-state index contributed by atoms with van der Waals surface area (Å²) in [6.07, 6.45) is 0.359. The molecule has 1 aromatic rings. The summed E-state index contributed by atoms with van der Waals surface area (Å²) in [7, 11) is 0. The van der Waals surface area contributed by atoms with E-state index in [4.69, 9.17) is 9.47 Å². The largest absolute Gasteiger partial charge is 0.494 e. The Kier molecular flexibility index (Phi) is 4.87. The quantitative estimate of drug-likeness (QED) is 0.787. The van der Waals surface area contributed by atoms with E-state index in [1.54, 1.807) is 24.3 Å². The third-order valence-corrected chi connectivity index (χ3v) is 4.42. The summed E-state index contributed by atoms with van der Waals surface area (Å²) in [5.74, 6) is 0.430. The molecule has 2 fully saturated rings. The van der Waals surface area contributed by atoms with E-state index >= 15 is 0 Å². The first-order valence-corrected chi connectivity index (χ1v) is 8.48. The average Bonchev–Trinajstić information content (AvgIpc) is 2.83. The lowest BCUT2D eigenvalue weighted by molar-refractivity contribution is -0.127. The fourth-order valence-electron chi connectivity index (χ4n) is 3.50. The Hall–Kier alpha value is -1.92. The number of hydrogen-bond donors (Lipinski definition) is 0. The highest BCUT2D eigenvalue weighted by Gasteiger charge is 2.44. The maximum absolute atomic E-state index is 12.8. The molecule has 0 saturated carbocycles. The standard InChI is InChI=1S/C18H24N2O4/c1-4-23-15-7-5-14(6-8-15)20-17(21)9-16(18(20)22)19-10-12(2)24-13(3)11-19/h5-8,12-13,16H,4,9-11H2,1-3H3/t12-,13+,16-/m1/s1. The number of hydrogen-bond acceptors (Lipinski definition) is 5. The molecule has 3 rings (SSSR count). The average molecular weight is 332 g/mol. The van der Waals surface area contributed by atoms with Crippen molar-refractivity contribution in [1.82, 2.24) is 4.90 Å². The van der Waals surface area contributed by atoms with E-state index in [0.717, 1.165) is 5.75 Å². The zero-order valence-electron chi connectivity index (χ0n) is 14.4. The first-order chi connectivity index (χ1) is 11.5. The summed E-state index contributed by atoms with van der Waals surface area (Å²) >= 11 is 0. The molecule has 6 nitrogen and oxygen atoms in total. The highest BCUT2D eigenvalue weighted by molar-refractivity contribution is 6.22. The number of carbonyl (C=O) groups excluding carboxylic acids is 2. The van der Waals surface area contributed by atoms with Gasteiger partial charge in [0.2, 0.25) is 5.91 Å². The van der Waals surface area contributed by atoms with Crippen LogP contribution in [-0.4, -0.2) is 54.7 Å². The van der Waals surface area contributed by atoms with Gasteiger partial charge in [-0.2, -0.15) is 0 Å². The fraction of sp³-hybridized carbons (Fsp3) is 0.556. The highest BCUT2D eigenvalue weighted by atomic mass is 16.5. The Morgan fingerprint density at radius 2 is 1.75 bits per heavy atom. The van der Waals surface area contributed by atoms with Gasteiger partial charge in [-0.1, -0.05) is 0 Å². The van der Waals surface area contributed by atoms with E-state index in [2.05, 4.69) is 4.90 Å². The minimum absolute atomic E-state index is 0.0659. The first-order valence-electron chi connectivity index (χ1n) is 8.48. The molecule has 6 heteroatoms. The number of anilines is 1. The summed E-state index contributed by atoms with van der Waals surface area (Å²) in [5.41, 5.74) is 0.602. The SMILES string of the molecule is CCOc1ccc(N2C(=O)C[C@@H](N3C[C@@H](C)O[C@@H](C)C3)C2=O)cc1. The lowest BCUT2D eigenvalue weighted by atomic mass is 10.1. The van der Waals surface area contributed by atoms with Crippen LogP contribution in [0.5, 0.6) is 5.75 Å². The number of ether oxygens (including phenoxy) is 2. The normalized spacial score (nSPS) is 28.5. The molecule has 24 heavy (non-hydrogen) atoms. The van der Waals surface area contributed by atoms with Crippen molar-refractivity contribution in [2.24, 2.45) is 0 Å². The van der Waals surface area contributed by atoms with Crippen molar-refractivity contribution in [3.05, 3.63) is 24.3 Å². The molecule has 1 aromatic carbocycles. The fourth-order valence-corrected chi connectivity index (χ4v) is 3.50. The predicted octanol–water partition coefficient (Wildman–Crippen LogP) is 1.83. The van der Waals surface area contributed by atoms with Crippen LogP contribution in [0, 0.1) is 0 Å². The Labute approximate surface area is 142 Å². The van der Waals surface area contributed by atoms with Gasteiger partial charge in [-0.05, 0) is 45.0 Å². The summed E-state index contributed by atoms with van der Waals surface area (Å²) in [5, 5.41) is 0. The Balaban J connectivity index is 1.76. The second-order valence-electron chi connectivity index (χ2n) is 6.43. The van der Waals surface area contributed by atoms with Gasteiger partial charge in [-0.3, -0.25) is 14.5 Å². The van der Waals surface area contributed by atoms with Crippen LogP contribution in [0.1, 0.15) is 27.2 Å². The number of carbonyl (C=O) groups is 2. The van der Waals surface area contributed by atoms with E-state index in [1.165, 1.54) is 4.90 Å². The van der Waals surface area contributed by atoms with Gasteiger partial charge >= 0.3 is 0 Å². The second-order valence-corrected chi connectivity index (χ2v) is 6.43. The third-order valence-electron chi connectivity index (χ3n) is 4.42. The molecule has 130 valence electrons. The summed E-state index contributed by atoms with van der Waals surface area (Å²) in [6.45, 7) is 7.82. The molecule has 0 radical (unpaired) electrons. The van der Waals surface area contributed by atoms with Crippen molar-refractivity contribution < 1.29 is 19.1 Å². The van der Waals surface area contributed by atoms with Crippen molar-refractivity contribution in [2.75, 3.05) is 24.6 Å². The lowest BCUT2D eigenvalue weighted by Crippen LogP contribution is -2.52. The minimum Gasteiger partial charge on any atom is -0.494 e. The summed E-state index contributed by atoms with van der Waals surface area (Å²) < 4.78 is 11.1. The molecule has 2 heterocycles. The van der Waals surface area contributed by atoms with Crippen LogP contribution in [0.3, 0.4) is 0 Å². The van der Waals surface area contributed by atoms with Crippen molar-refractivity contribution in [3.63, 3.8) is 0 Å². The van der Waals surface area contributed by atoms with Crippen molar-refractivity contribution in [3.8, 4) is 5.75 Å². The molecular formula is C18H24N2O4. The van der Waals surface area contributed by atoms with Crippen molar-refractivity contribution in [1.29, 1.82) is 0 Å². The number of amides is 2.